The first-order valence-electron chi connectivity index (χ1n) is 15.8. The van der Waals surface area contributed by atoms with Crippen LogP contribution in [0.1, 0.15) is 43.2 Å². The summed E-state index contributed by atoms with van der Waals surface area (Å²) in [7, 11) is 2.42. The zero-order valence-electron chi connectivity index (χ0n) is 28.8. The third kappa shape index (κ3) is 10.5. The van der Waals surface area contributed by atoms with Gasteiger partial charge in [0, 0.05) is 61.2 Å². The van der Waals surface area contributed by atoms with Gasteiger partial charge >= 0.3 is 11.9 Å². The predicted molar refractivity (Wildman–Crippen MR) is 192 cm³/mol. The smallest absolute Gasteiger partial charge is 0.330 e. The highest BCUT2D eigenvalue weighted by atomic mass is 16.5. The van der Waals surface area contributed by atoms with Gasteiger partial charge in [-0.3, -0.25) is 29.1 Å². The number of nitrogens with zero attached hydrogens (tertiary/aromatic N) is 2. The van der Waals surface area contributed by atoms with Gasteiger partial charge in [-0.2, -0.15) is 0 Å². The summed E-state index contributed by atoms with van der Waals surface area (Å²) in [4.78, 5) is 80.7. The number of hydrogen-bond acceptors (Lipinski definition) is 10. The van der Waals surface area contributed by atoms with E-state index in [0.29, 0.717) is 22.5 Å². The Hall–Kier alpha value is -6.96. The van der Waals surface area contributed by atoms with Crippen molar-refractivity contribution in [3.8, 4) is 11.1 Å². The first-order chi connectivity index (χ1) is 25.0. The standard InChI is InChI=1S/C38H36N6O8/c1-23-27(7-5-9-29(23)43-37(49)31-13-11-25(19-39-31)21-41-33(45)15-17-35(47)51-3)28-8-6-10-30(24(28)2)44-38(50)32-14-12-26(20-40-32)22-42-34(46)16-18-36(48)52-4/h5-20H,21-22H2,1-4H3,(H,41,45)(H,42,46)(H,43,49)(H,44,50)/b17-15+,18-16+. The molecule has 14 nitrogen and oxygen atoms in total. The second kappa shape index (κ2) is 18.2. The van der Waals surface area contributed by atoms with Gasteiger partial charge in [0.15, 0.2) is 0 Å². The lowest BCUT2D eigenvalue weighted by Gasteiger charge is -2.17. The second-order valence-corrected chi connectivity index (χ2v) is 11.1. The van der Waals surface area contributed by atoms with Gasteiger partial charge < -0.3 is 30.7 Å². The van der Waals surface area contributed by atoms with E-state index in [4.69, 9.17) is 0 Å². The Morgan fingerprint density at radius 1 is 0.577 bits per heavy atom. The summed E-state index contributed by atoms with van der Waals surface area (Å²) in [6.45, 7) is 4.05. The van der Waals surface area contributed by atoms with E-state index in [9.17, 15) is 28.8 Å². The van der Waals surface area contributed by atoms with Gasteiger partial charge in [0.05, 0.1) is 14.2 Å². The van der Waals surface area contributed by atoms with Crippen molar-refractivity contribution in [2.45, 2.75) is 26.9 Å². The molecular formula is C38H36N6O8. The van der Waals surface area contributed by atoms with Crippen LogP contribution in [0, 0.1) is 13.8 Å². The molecule has 266 valence electrons. The zero-order chi connectivity index (χ0) is 37.6. The number of carbonyl (C=O) groups excluding carboxylic acids is 6. The van der Waals surface area contributed by atoms with E-state index in [0.717, 1.165) is 46.6 Å². The van der Waals surface area contributed by atoms with E-state index in [2.05, 4.69) is 40.7 Å². The fraction of sp³-hybridized carbons (Fsp3) is 0.158. The maximum absolute atomic E-state index is 13.1. The molecule has 4 rings (SSSR count). The van der Waals surface area contributed by atoms with E-state index in [1.165, 1.54) is 26.6 Å². The molecule has 0 aliphatic heterocycles. The van der Waals surface area contributed by atoms with E-state index in [-0.39, 0.29) is 24.5 Å². The Bertz CT molecular complexity index is 1890. The van der Waals surface area contributed by atoms with E-state index >= 15 is 0 Å². The third-order valence-electron chi connectivity index (χ3n) is 7.65. The lowest BCUT2D eigenvalue weighted by atomic mass is 9.94. The number of carbonyl (C=O) groups is 6. The lowest BCUT2D eigenvalue weighted by molar-refractivity contribution is -0.135. The summed E-state index contributed by atoms with van der Waals surface area (Å²) in [5.74, 6) is -3.10. The summed E-state index contributed by atoms with van der Waals surface area (Å²) in [5.41, 5.74) is 6.08. The minimum absolute atomic E-state index is 0.142. The van der Waals surface area contributed by atoms with Crippen molar-refractivity contribution in [2.75, 3.05) is 24.9 Å². The molecule has 14 heteroatoms. The lowest BCUT2D eigenvalue weighted by Crippen LogP contribution is -2.21. The van der Waals surface area contributed by atoms with E-state index in [1.54, 1.807) is 36.4 Å². The average molecular weight is 705 g/mol. The van der Waals surface area contributed by atoms with Crippen molar-refractivity contribution < 1.29 is 38.2 Å². The van der Waals surface area contributed by atoms with Gasteiger partial charge in [0.25, 0.3) is 11.8 Å². The number of anilines is 2. The molecule has 4 amide bonds. The first-order valence-corrected chi connectivity index (χ1v) is 15.8. The third-order valence-corrected chi connectivity index (χ3v) is 7.65. The molecular weight excluding hydrogens is 668 g/mol. The number of aromatic nitrogens is 2. The molecule has 52 heavy (non-hydrogen) atoms. The van der Waals surface area contributed by atoms with Crippen LogP contribution in [0.15, 0.2) is 97.4 Å². The van der Waals surface area contributed by atoms with Crippen LogP contribution in [-0.4, -0.2) is 59.8 Å². The molecule has 0 radical (unpaired) electrons. The Balaban J connectivity index is 1.39. The largest absolute Gasteiger partial charge is 0.466 e. The van der Waals surface area contributed by atoms with Crippen LogP contribution >= 0.6 is 0 Å². The van der Waals surface area contributed by atoms with Crippen LogP contribution < -0.4 is 21.3 Å². The molecule has 0 aliphatic carbocycles. The van der Waals surface area contributed by atoms with Crippen molar-refractivity contribution in [1.82, 2.24) is 20.6 Å². The molecule has 0 saturated carbocycles. The number of rotatable bonds is 13. The number of ether oxygens (including phenoxy) is 2. The van der Waals surface area contributed by atoms with Gasteiger partial charge in [-0.1, -0.05) is 36.4 Å². The number of pyridine rings is 2. The molecule has 0 bridgehead atoms. The molecule has 0 spiro atoms. The molecule has 0 saturated heterocycles. The van der Waals surface area contributed by atoms with Gasteiger partial charge in [0.2, 0.25) is 11.8 Å². The summed E-state index contributed by atoms with van der Waals surface area (Å²) in [6.07, 6.45) is 7.11. The Morgan fingerprint density at radius 3 is 1.33 bits per heavy atom. The van der Waals surface area contributed by atoms with E-state index in [1.807, 2.05) is 38.1 Å². The zero-order valence-corrected chi connectivity index (χ0v) is 28.8. The van der Waals surface area contributed by atoms with Crippen molar-refractivity contribution in [2.24, 2.45) is 0 Å². The molecule has 2 aromatic heterocycles. The number of benzene rings is 2. The highest BCUT2D eigenvalue weighted by molar-refractivity contribution is 6.05. The average Bonchev–Trinajstić information content (AvgIpc) is 3.16. The van der Waals surface area contributed by atoms with Crippen molar-refractivity contribution in [1.29, 1.82) is 0 Å². The Kier molecular flexibility index (Phi) is 13.2. The Morgan fingerprint density at radius 2 is 0.981 bits per heavy atom. The van der Waals surface area contributed by atoms with Crippen LogP contribution in [0.3, 0.4) is 0 Å². The van der Waals surface area contributed by atoms with Crippen LogP contribution in [0.2, 0.25) is 0 Å². The first kappa shape index (κ1) is 37.9. The van der Waals surface area contributed by atoms with E-state index < -0.39 is 35.6 Å². The van der Waals surface area contributed by atoms with Crippen molar-refractivity contribution >= 4 is 46.9 Å². The second-order valence-electron chi connectivity index (χ2n) is 11.1. The number of esters is 2. The normalized spacial score (nSPS) is 10.8. The fourth-order valence-corrected chi connectivity index (χ4v) is 4.74. The molecule has 2 aromatic carbocycles. The molecule has 0 unspecified atom stereocenters. The molecule has 4 aromatic rings. The molecule has 0 aliphatic rings. The summed E-state index contributed by atoms with van der Waals surface area (Å²) >= 11 is 0. The maximum Gasteiger partial charge on any atom is 0.330 e. The van der Waals surface area contributed by atoms with Gasteiger partial charge in [-0.25, -0.2) is 9.59 Å². The van der Waals surface area contributed by atoms with Gasteiger partial charge in [0.1, 0.15) is 11.4 Å². The van der Waals surface area contributed by atoms with Crippen LogP contribution in [-0.2, 0) is 41.7 Å². The summed E-state index contributed by atoms with van der Waals surface area (Å²) < 4.78 is 8.90. The predicted octanol–water partition coefficient (Wildman–Crippen LogP) is 3.96. The SMILES string of the molecule is COC(=O)/C=C/C(=O)NCc1ccc(C(=O)Nc2cccc(-c3cccc(NC(=O)c4ccc(CNC(=O)/C=C/C(=O)OC)cn4)c3C)c2C)nc1. The highest BCUT2D eigenvalue weighted by Gasteiger charge is 2.16. The molecule has 2 heterocycles. The minimum atomic E-state index is -0.644. The topological polar surface area (TPSA) is 195 Å². The minimum Gasteiger partial charge on any atom is -0.466 e. The highest BCUT2D eigenvalue weighted by Crippen LogP contribution is 2.34. The van der Waals surface area contributed by atoms with Crippen LogP contribution in [0.25, 0.3) is 11.1 Å². The van der Waals surface area contributed by atoms with Gasteiger partial charge in [-0.05, 0) is 71.5 Å². The fourth-order valence-electron chi connectivity index (χ4n) is 4.74. The van der Waals surface area contributed by atoms with Crippen molar-refractivity contribution in [3.63, 3.8) is 0 Å². The molecule has 0 fully saturated rings. The van der Waals surface area contributed by atoms with Crippen molar-refractivity contribution in [3.05, 3.63) is 131 Å². The number of methoxy groups -OCH3 is 2. The number of hydrogen-bond donors (Lipinski definition) is 4. The maximum atomic E-state index is 13.1. The molecule has 0 atom stereocenters. The van der Waals surface area contributed by atoms with Crippen LogP contribution in [0.4, 0.5) is 11.4 Å². The Labute approximate surface area is 299 Å². The van der Waals surface area contributed by atoms with Gasteiger partial charge in [-0.15, -0.1) is 0 Å². The summed E-state index contributed by atoms with van der Waals surface area (Å²) in [5, 5.41) is 11.1. The molecule has 4 N–H and O–H groups in total. The monoisotopic (exact) mass is 704 g/mol. The van der Waals surface area contributed by atoms with Crippen LogP contribution in [0.5, 0.6) is 0 Å². The number of amides is 4. The number of nitrogens with one attached hydrogen (secondary N) is 4. The quantitative estimate of drug-likeness (QED) is 0.117. The summed E-state index contributed by atoms with van der Waals surface area (Å²) in [6, 6.07) is 17.5.